The third kappa shape index (κ3) is 4.28. The lowest BCUT2D eigenvalue weighted by Gasteiger charge is -2.46. The topological polar surface area (TPSA) is 33.2 Å². The Morgan fingerprint density at radius 1 is 0.521 bits per heavy atom. The molecule has 228 valence electrons. The Bertz CT molecular complexity index is 2220. The third-order valence-corrected chi connectivity index (χ3v) is 10.1. The number of benzene rings is 6. The number of anilines is 3. The molecule has 6 aromatic carbocycles. The lowest BCUT2D eigenvalue weighted by molar-refractivity contribution is 0.103. The summed E-state index contributed by atoms with van der Waals surface area (Å²) in [6, 6.07) is 58.4. The molecule has 0 fully saturated rings. The van der Waals surface area contributed by atoms with Gasteiger partial charge < -0.3 is 4.90 Å². The Balaban J connectivity index is 1.17. The summed E-state index contributed by atoms with van der Waals surface area (Å²) < 4.78 is 0. The second-order valence-electron chi connectivity index (χ2n) is 12.6. The molecule has 1 aliphatic heterocycles. The largest absolute Gasteiger partial charge is 0.310 e. The second kappa shape index (κ2) is 11.3. The van der Waals surface area contributed by atoms with Gasteiger partial charge in [-0.2, -0.15) is 0 Å². The van der Waals surface area contributed by atoms with Crippen molar-refractivity contribution in [1.82, 2.24) is 4.98 Å². The van der Waals surface area contributed by atoms with Gasteiger partial charge in [-0.25, -0.2) is 0 Å². The van der Waals surface area contributed by atoms with E-state index in [4.69, 9.17) is 0 Å². The molecule has 2 aliphatic rings. The number of rotatable bonds is 4. The van der Waals surface area contributed by atoms with E-state index in [1.807, 2.05) is 12.1 Å². The van der Waals surface area contributed by atoms with E-state index in [2.05, 4.69) is 162 Å². The maximum absolute atomic E-state index is 13.6. The van der Waals surface area contributed by atoms with Crippen LogP contribution in [0.4, 0.5) is 17.1 Å². The van der Waals surface area contributed by atoms with Gasteiger partial charge in [0.05, 0.1) is 16.8 Å². The fourth-order valence-electron chi connectivity index (χ4n) is 7.92. The number of carbonyl (C=O) groups is 1. The minimum atomic E-state index is -0.492. The van der Waals surface area contributed by atoms with Crippen LogP contribution in [-0.2, 0) is 18.3 Å². The Morgan fingerprint density at radius 3 is 1.73 bits per heavy atom. The van der Waals surface area contributed by atoms with Gasteiger partial charge in [0, 0.05) is 17.4 Å². The molecule has 7 aromatic rings. The molecular formula is C45H32N2O. The van der Waals surface area contributed by atoms with E-state index in [9.17, 15) is 4.79 Å². The van der Waals surface area contributed by atoms with Crippen LogP contribution in [0.2, 0.25) is 0 Å². The minimum absolute atomic E-state index is 0.0124. The molecule has 0 unspecified atom stereocenters. The number of hydrogen-bond acceptors (Lipinski definition) is 3. The monoisotopic (exact) mass is 616 g/mol. The van der Waals surface area contributed by atoms with Crippen LogP contribution in [-0.4, -0.2) is 10.8 Å². The molecule has 9 rings (SSSR count). The van der Waals surface area contributed by atoms with Crippen molar-refractivity contribution >= 4 is 22.8 Å². The molecule has 1 aromatic heterocycles. The molecule has 0 radical (unpaired) electrons. The maximum atomic E-state index is 13.6. The fraction of sp³-hybridized carbons (Fsp3) is 0.0667. The Hall–Kier alpha value is -6.06. The smallest absolute Gasteiger partial charge is 0.211 e. The predicted octanol–water partition coefficient (Wildman–Crippen LogP) is 10.2. The number of hydrogen-bond donors (Lipinski definition) is 0. The van der Waals surface area contributed by atoms with Gasteiger partial charge in [-0.3, -0.25) is 9.78 Å². The zero-order chi connectivity index (χ0) is 32.1. The van der Waals surface area contributed by atoms with Crippen LogP contribution in [0.3, 0.4) is 0 Å². The summed E-state index contributed by atoms with van der Waals surface area (Å²) in [6.45, 7) is 0. The van der Waals surface area contributed by atoms with E-state index in [1.54, 1.807) is 6.20 Å². The molecule has 0 N–H and O–H groups in total. The van der Waals surface area contributed by atoms with Gasteiger partial charge in [0.1, 0.15) is 5.69 Å². The van der Waals surface area contributed by atoms with Gasteiger partial charge in [0.2, 0.25) is 5.78 Å². The summed E-state index contributed by atoms with van der Waals surface area (Å²) in [4.78, 5) is 20.4. The molecule has 3 nitrogen and oxygen atoms in total. The first-order chi connectivity index (χ1) is 23.7. The Kier molecular flexibility index (Phi) is 6.65. The van der Waals surface area contributed by atoms with Crippen molar-refractivity contribution in [3.8, 4) is 11.1 Å². The highest BCUT2D eigenvalue weighted by atomic mass is 16.1. The summed E-state index contributed by atoms with van der Waals surface area (Å²) in [6.07, 6.45) is 3.37. The highest BCUT2D eigenvalue weighted by Crippen LogP contribution is 2.57. The van der Waals surface area contributed by atoms with Crippen LogP contribution in [0, 0.1) is 0 Å². The van der Waals surface area contributed by atoms with E-state index in [0.29, 0.717) is 5.69 Å². The van der Waals surface area contributed by atoms with Gasteiger partial charge in [0.15, 0.2) is 0 Å². The fourth-order valence-corrected chi connectivity index (χ4v) is 7.92. The van der Waals surface area contributed by atoms with Crippen LogP contribution in [0.1, 0.15) is 49.4 Å². The summed E-state index contributed by atoms with van der Waals surface area (Å²) >= 11 is 0. The van der Waals surface area contributed by atoms with Gasteiger partial charge in [-0.05, 0) is 93.7 Å². The second-order valence-corrected chi connectivity index (χ2v) is 12.6. The highest BCUT2D eigenvalue weighted by Gasteiger charge is 2.46. The quantitative estimate of drug-likeness (QED) is 0.197. The number of aryl methyl sites for hydroxylation is 2. The van der Waals surface area contributed by atoms with Crippen LogP contribution in [0.25, 0.3) is 11.1 Å². The predicted molar refractivity (Wildman–Crippen MR) is 194 cm³/mol. The van der Waals surface area contributed by atoms with Crippen molar-refractivity contribution < 1.29 is 4.79 Å². The molecule has 2 heterocycles. The molecule has 0 bridgehead atoms. The molecule has 3 heteroatoms. The SMILES string of the molecule is O=C1c2cc(-c3ccc(N4c5ccccc5C(c5ccccc5)(c5ccccc5)c5ccccc54)cc3)ccc2CCc2cccnc21. The number of nitrogens with zero attached hydrogens (tertiary/aromatic N) is 2. The van der Waals surface area contributed by atoms with Crippen molar-refractivity contribution in [1.29, 1.82) is 0 Å². The number of carbonyl (C=O) groups excluding carboxylic acids is 1. The molecule has 0 saturated carbocycles. The first kappa shape index (κ1) is 28.2. The normalized spacial score (nSPS) is 14.2. The standard InChI is InChI=1S/C45H32N2O/c48-44-38-30-34(24-22-32(38)21-23-33-12-11-29-46-43(33)44)31-25-27-37(28-26-31)47-41-19-9-7-17-39(41)45(35-13-3-1-4-14-35,36-15-5-2-6-16-36)40-18-8-10-20-42(40)47/h1-20,22,24-30H,21,23H2. The molecule has 0 spiro atoms. The lowest BCUT2D eigenvalue weighted by atomic mass is 9.62. The number of aromatic nitrogens is 1. The summed E-state index contributed by atoms with van der Waals surface area (Å²) in [5.74, 6) is 0.0124. The maximum Gasteiger partial charge on any atom is 0.211 e. The first-order valence-electron chi connectivity index (χ1n) is 16.6. The minimum Gasteiger partial charge on any atom is -0.310 e. The van der Waals surface area contributed by atoms with Crippen molar-refractivity contribution in [3.63, 3.8) is 0 Å². The van der Waals surface area contributed by atoms with Crippen molar-refractivity contribution in [2.75, 3.05) is 4.90 Å². The Labute approximate surface area is 280 Å². The average Bonchev–Trinajstić information content (AvgIpc) is 3.30. The summed E-state index contributed by atoms with van der Waals surface area (Å²) in [5, 5.41) is 0. The number of pyridine rings is 1. The van der Waals surface area contributed by atoms with Crippen LogP contribution >= 0.6 is 0 Å². The highest BCUT2D eigenvalue weighted by molar-refractivity contribution is 6.10. The summed E-state index contributed by atoms with van der Waals surface area (Å²) in [5.41, 5.74) is 13.4. The lowest BCUT2D eigenvalue weighted by Crippen LogP contribution is -2.37. The molecule has 1 aliphatic carbocycles. The molecule has 0 amide bonds. The van der Waals surface area contributed by atoms with Gasteiger partial charge in [-0.1, -0.05) is 127 Å². The van der Waals surface area contributed by atoms with Crippen LogP contribution in [0.5, 0.6) is 0 Å². The van der Waals surface area contributed by atoms with E-state index < -0.39 is 5.41 Å². The van der Waals surface area contributed by atoms with Gasteiger partial charge in [0.25, 0.3) is 0 Å². The van der Waals surface area contributed by atoms with Crippen molar-refractivity contribution in [2.24, 2.45) is 0 Å². The van der Waals surface area contributed by atoms with Gasteiger partial charge in [-0.15, -0.1) is 0 Å². The van der Waals surface area contributed by atoms with Crippen LogP contribution in [0.15, 0.2) is 170 Å². The first-order valence-corrected chi connectivity index (χ1v) is 16.6. The number of fused-ring (bicyclic) bond motifs is 4. The van der Waals surface area contributed by atoms with E-state index in [1.165, 1.54) is 22.3 Å². The van der Waals surface area contributed by atoms with Gasteiger partial charge >= 0.3 is 0 Å². The Morgan fingerprint density at radius 2 is 1.08 bits per heavy atom. The molecule has 48 heavy (non-hydrogen) atoms. The molecule has 0 atom stereocenters. The van der Waals surface area contributed by atoms with Crippen molar-refractivity contribution in [3.05, 3.63) is 215 Å². The molecular weight excluding hydrogens is 585 g/mol. The zero-order valence-corrected chi connectivity index (χ0v) is 26.4. The average molecular weight is 617 g/mol. The zero-order valence-electron chi connectivity index (χ0n) is 26.4. The third-order valence-electron chi connectivity index (χ3n) is 10.1. The molecule has 0 saturated heterocycles. The van der Waals surface area contributed by atoms with E-state index in [0.717, 1.165) is 57.7 Å². The number of para-hydroxylation sites is 2. The van der Waals surface area contributed by atoms with Crippen molar-refractivity contribution in [2.45, 2.75) is 18.3 Å². The summed E-state index contributed by atoms with van der Waals surface area (Å²) in [7, 11) is 0. The van der Waals surface area contributed by atoms with E-state index in [-0.39, 0.29) is 5.78 Å². The number of ketones is 1. The van der Waals surface area contributed by atoms with E-state index >= 15 is 0 Å². The van der Waals surface area contributed by atoms with Crippen LogP contribution < -0.4 is 4.90 Å².